The van der Waals surface area contributed by atoms with Crippen LogP contribution in [0.25, 0.3) is 0 Å². The monoisotopic (exact) mass is 2360 g/mol. The molecule has 8 aliphatic heterocycles. The number of aliphatic hydroxyl groups is 3. The third-order valence-corrected chi connectivity index (χ3v) is 30.1. The van der Waals surface area contributed by atoms with Crippen LogP contribution in [0.1, 0.15) is 184 Å². The van der Waals surface area contributed by atoms with E-state index in [4.69, 9.17) is 73.2 Å². The van der Waals surface area contributed by atoms with Gasteiger partial charge in [-0.25, -0.2) is 50.6 Å². The zero-order valence-corrected chi connectivity index (χ0v) is 84.6. The van der Waals surface area contributed by atoms with E-state index in [0.29, 0.717) is 40.9 Å². The van der Waals surface area contributed by atoms with Crippen molar-refractivity contribution in [2.75, 3.05) is 26.4 Å². The molecule has 0 aliphatic carbocycles. The van der Waals surface area contributed by atoms with E-state index in [0.717, 1.165) is 21.3 Å². The molecule has 0 spiro atoms. The molecule has 0 saturated carbocycles. The summed E-state index contributed by atoms with van der Waals surface area (Å²) in [6.45, 7) is 23.0. The lowest BCUT2D eigenvalue weighted by molar-refractivity contribution is -0.0470. The van der Waals surface area contributed by atoms with Crippen LogP contribution >= 0.6 is 122 Å². The maximum atomic E-state index is 15.4. The Labute approximate surface area is 799 Å². The van der Waals surface area contributed by atoms with Crippen LogP contribution in [0.4, 0.5) is 13.2 Å². The van der Waals surface area contributed by atoms with Crippen LogP contribution in [-0.2, 0) is 121 Å². The predicted octanol–water partition coefficient (Wildman–Crippen LogP) is 12.8. The number of aromatic nitrogens is 8. The van der Waals surface area contributed by atoms with Crippen LogP contribution in [-0.4, -0.2) is 129 Å². The lowest BCUT2D eigenvalue weighted by Gasteiger charge is -2.33. The number of hydrogen-bond donors (Lipinski definition) is 7. The molecule has 16 unspecified atom stereocenters. The van der Waals surface area contributed by atoms with Crippen molar-refractivity contribution in [1.82, 2.24) is 38.2 Å². The Morgan fingerprint density at radius 1 is 0.405 bits per heavy atom. The molecule has 7 N–H and O–H groups in total. The predicted molar refractivity (Wildman–Crippen MR) is 494 cm³/mol. The number of nitrogens with zero attached hydrogens (tertiary/aromatic N) is 4. The van der Waals surface area contributed by atoms with E-state index in [9.17, 15) is 76.3 Å². The second-order valence-corrected chi connectivity index (χ2v) is 46.6. The maximum absolute atomic E-state index is 15.4. The van der Waals surface area contributed by atoms with Crippen molar-refractivity contribution in [3.8, 4) is 23.0 Å². The number of H-pyrrole nitrogens is 4. The summed E-state index contributed by atoms with van der Waals surface area (Å²) in [5, 5.41) is 31.0. The fraction of sp³-hybridized carbons (Fsp3) is 0.506. The second-order valence-electron chi connectivity index (χ2n) is 35.5. The Balaban J connectivity index is 0.000000150. The van der Waals surface area contributed by atoms with Gasteiger partial charge in [0.05, 0.1) is 96.6 Å². The molecular weight excluding hydrogens is 2260 g/mol. The van der Waals surface area contributed by atoms with Crippen LogP contribution in [0.5, 0.6) is 23.0 Å². The van der Waals surface area contributed by atoms with Gasteiger partial charge in [-0.2, -0.15) is 0 Å². The fourth-order valence-electron chi connectivity index (χ4n) is 14.6. The quantitative estimate of drug-likeness (QED) is 0.0349. The van der Waals surface area contributed by atoms with Crippen LogP contribution in [0.15, 0.2) is 118 Å². The second kappa shape index (κ2) is 40.1. The first-order valence-electron chi connectivity index (χ1n) is 40.7. The molecule has 12 heterocycles. The number of aryl methyl sites for hydroxylation is 1. The van der Waals surface area contributed by atoms with Crippen molar-refractivity contribution in [2.45, 2.75) is 238 Å². The molecule has 8 aliphatic rings. The molecule has 0 amide bonds. The highest BCUT2D eigenvalue weighted by molar-refractivity contribution is 14.1. The molecule has 0 bridgehead atoms. The number of halogens is 7. The number of ether oxygens (including phenoxy) is 4. The number of hydrogen-bond acceptors (Lipinski definition) is 31. The van der Waals surface area contributed by atoms with Crippen molar-refractivity contribution < 1.29 is 120 Å². The minimum Gasteiger partial charge on any atom is -0.404 e. The zero-order valence-electron chi connectivity index (χ0n) is 72.4. The van der Waals surface area contributed by atoms with Crippen molar-refractivity contribution in [2.24, 2.45) is 0 Å². The van der Waals surface area contributed by atoms with Gasteiger partial charge in [-0.3, -0.25) is 93.6 Å². The molecule has 50 heteroatoms. The Bertz CT molecular complexity index is 6210. The Hall–Kier alpha value is -6.17. The Morgan fingerprint density at radius 3 is 1.06 bits per heavy atom. The summed E-state index contributed by atoms with van der Waals surface area (Å²) in [6.07, 6.45) is -6.44. The summed E-state index contributed by atoms with van der Waals surface area (Å²) in [4.78, 5) is 103. The van der Waals surface area contributed by atoms with Crippen molar-refractivity contribution in [1.29, 1.82) is 0 Å². The molecule has 16 atom stereocenters. The summed E-state index contributed by atoms with van der Waals surface area (Å²) >= 11 is 7.13. The van der Waals surface area contributed by atoms with Crippen molar-refractivity contribution >= 4 is 122 Å². The first-order valence-corrected chi connectivity index (χ1v) is 50.8. The van der Waals surface area contributed by atoms with E-state index in [-0.39, 0.29) is 102 Å². The molecule has 4 aromatic carbocycles. The molecule has 0 radical (unpaired) electrons. The van der Waals surface area contributed by atoms with Gasteiger partial charge in [-0.05, 0) is 154 Å². The number of alkyl halides is 1. The highest BCUT2D eigenvalue weighted by Crippen LogP contribution is 2.62. The summed E-state index contributed by atoms with van der Waals surface area (Å²) < 4.78 is 191. The van der Waals surface area contributed by atoms with Gasteiger partial charge in [0.2, 0.25) is 0 Å². The molecule has 8 aromatic rings. The Kier molecular flexibility index (Phi) is 31.3. The summed E-state index contributed by atoms with van der Waals surface area (Å²) in [5.74, 6) is 0.143. The van der Waals surface area contributed by atoms with Crippen LogP contribution in [0, 0.1) is 32.8 Å². The van der Waals surface area contributed by atoms with Gasteiger partial charge in [0.1, 0.15) is 90.1 Å². The average Bonchev–Trinajstić information content (AvgIpc) is 0.768. The van der Waals surface area contributed by atoms with Gasteiger partial charge in [0, 0.05) is 72.7 Å². The number of aromatic amines is 4. The third-order valence-electron chi connectivity index (χ3n) is 21.7. The van der Waals surface area contributed by atoms with E-state index in [1.807, 2.05) is 114 Å². The third kappa shape index (κ3) is 23.6. The van der Waals surface area contributed by atoms with Crippen molar-refractivity contribution in [3.63, 3.8) is 0 Å². The number of phosphoric acid groups is 4. The van der Waals surface area contributed by atoms with Crippen LogP contribution in [0.2, 0.25) is 0 Å². The van der Waals surface area contributed by atoms with Gasteiger partial charge in [0.25, 0.3) is 22.2 Å². The fourth-order valence-corrected chi connectivity index (χ4v) is 21.3. The highest BCUT2D eigenvalue weighted by Gasteiger charge is 2.49. The standard InChI is InChI=1S/C24H30F2IN2O7P.C24H31FIN2O8P.C17H18IN2O8P.C16H16IN2O8P/c1-23(2,3)13-7-14(24(4,5)6)20-12(19(13)26)10-33-37(32,36-20)34-11-17-15(25)8-18(35-17)29-9-16(27)21(30)28-22(29)31;1-23(2,3)13-7-14(24(4,5)6)20-12(19(13)25)10-33-37(32,36-20)34-11-17-16(29)8-18(35-17)28-9-15(26)21(30)27-22(28)31;1-9-3-2-4-10-7-25-29(24,28-15(9)10)26-8-13-12(21)5-14(27-13)20-6-11(18)16(22)19-17(20)23;17-10-6-19(16(22)18-15(10)21)14-5-11(20)13(26-14)8-25-28(23)24-7-9-3-1-2-4-12(9)27-28/h7,9,15,17-18H,8,10-11H2,1-6H3,(H,28,30,31);7,9,16-18,29H,8,10-11H2,1-6H3,(H,27,30,31);2-4,6,12-14,21H,5,7-8H2,1H3,(H,19,22,23);1-4,6,11,13-14,20H,5,7-8H2,(H,18,21,22)/i27-2;26-2;18-2;17-2. The largest absolute Gasteiger partial charge is 0.530 e. The topological polar surface area (TPSA) is 496 Å². The molecule has 714 valence electrons. The van der Waals surface area contributed by atoms with Crippen molar-refractivity contribution in [3.05, 3.63) is 239 Å². The van der Waals surface area contributed by atoms with Gasteiger partial charge in [0.15, 0.2) is 0 Å². The first kappa shape index (κ1) is 102. The number of benzene rings is 4. The summed E-state index contributed by atoms with van der Waals surface area (Å²) in [7, 11) is -16.2. The SMILES string of the molecule is CC(C)(C)c1cc(C(C)(C)C)c2c(c1F)COP(=O)(OCC1OC(n3cc([125I])c(=O)[nH]c3=O)CC1F)O2.CC(C)(C)c1cc(C(C)(C)C)c2c(c1F)COP(=O)(OCC1OC(n3cc([125I])c(=O)[nH]c3=O)CC1O)O2.Cc1cccc2c1OP(=O)(OCC1OC(n3cc([125I])c(=O)[nH]c3=O)CC1O)OC2.O=c1[nH]c(=O)n(C2CC(O)C(COP3(=O)OCc4ccccc4O3)O2)cc1[125I]. The number of para-hydroxylation sites is 2. The van der Waals surface area contributed by atoms with E-state index in [1.54, 1.807) is 121 Å². The molecule has 4 aromatic heterocycles. The molecule has 16 rings (SSSR count). The van der Waals surface area contributed by atoms with Gasteiger partial charge in [-0.15, -0.1) is 0 Å². The lowest BCUT2D eigenvalue weighted by atomic mass is 9.78. The molecule has 4 saturated heterocycles. The molecular formula is C81H95F3I4N8O31P4. The van der Waals surface area contributed by atoms with Gasteiger partial charge in [-0.1, -0.05) is 119 Å². The molecule has 39 nitrogen and oxygen atoms in total. The number of nitrogens with one attached hydrogen (secondary N) is 4. The number of phosphoric ester groups is 4. The number of fused-ring (bicyclic) bond motifs is 4. The van der Waals surface area contributed by atoms with Gasteiger partial charge < -0.3 is 52.4 Å². The van der Waals surface area contributed by atoms with Gasteiger partial charge >= 0.3 is 54.0 Å². The van der Waals surface area contributed by atoms with E-state index in [2.05, 4.69) is 19.9 Å². The molecule has 131 heavy (non-hydrogen) atoms. The molecule has 4 fully saturated rings. The lowest BCUT2D eigenvalue weighted by Crippen LogP contribution is -2.33. The number of rotatable bonds is 16. The first-order chi connectivity index (χ1) is 61.1. The van der Waals surface area contributed by atoms with E-state index in [1.165, 1.54) is 38.5 Å². The number of aliphatic hydroxyl groups excluding tert-OH is 3. The highest BCUT2D eigenvalue weighted by atomic mass is 125. The average molecular weight is 2360 g/mol. The normalized spacial score (nSPS) is 27.4. The summed E-state index contributed by atoms with van der Waals surface area (Å²) in [6, 6.07) is 15.9. The van der Waals surface area contributed by atoms with E-state index < -0.39 is 190 Å². The maximum Gasteiger partial charge on any atom is 0.530 e. The van der Waals surface area contributed by atoms with Crippen LogP contribution in [0.3, 0.4) is 0 Å². The van der Waals surface area contributed by atoms with E-state index >= 15 is 8.78 Å². The minimum absolute atomic E-state index is 0.0415. The zero-order chi connectivity index (χ0) is 95.6. The summed E-state index contributed by atoms with van der Waals surface area (Å²) in [5.41, 5.74) is -1.72. The minimum atomic E-state index is -4.24. The van der Waals surface area contributed by atoms with Crippen LogP contribution < -0.4 is 63.1 Å². The Morgan fingerprint density at radius 2 is 0.702 bits per heavy atom. The smallest absolute Gasteiger partial charge is 0.404 e.